The largest absolute Gasteiger partial charge is 0.466 e. The lowest BCUT2D eigenvalue weighted by Crippen LogP contribution is -2.43. The van der Waals surface area contributed by atoms with E-state index >= 15 is 0 Å². The van der Waals surface area contributed by atoms with Gasteiger partial charge in [-0.2, -0.15) is 0 Å². The number of nitrogens with two attached hydrogens (primary N) is 1. The zero-order chi connectivity index (χ0) is 23.1. The number of aromatic nitrogens is 2. The second-order valence-corrected chi connectivity index (χ2v) is 9.63. The Balaban J connectivity index is 1.46. The summed E-state index contributed by atoms with van der Waals surface area (Å²) in [5, 5.41) is 1.95. The highest BCUT2D eigenvalue weighted by Gasteiger charge is 2.34. The standard InChI is InChI=1S/C27H24N4O2S/c28-27(11-4-12-27)20-9-7-19(8-10-20)25-22(18-5-2-1-3-6-18)13-23-26(30-25)33-15-24(32)31(23)14-21-16-34-17-29-21/h1-3,5-10,13,16-17H,4,11-12,14-15,28H2. The molecule has 3 heterocycles. The fraction of sp³-hybridized carbons (Fsp3) is 0.222. The summed E-state index contributed by atoms with van der Waals surface area (Å²) in [5.74, 6) is 0.357. The molecule has 0 radical (unpaired) electrons. The number of pyridine rings is 1. The number of hydrogen-bond acceptors (Lipinski definition) is 6. The Hall–Kier alpha value is -3.55. The molecule has 1 aliphatic carbocycles. The predicted octanol–water partition coefficient (Wildman–Crippen LogP) is 5.14. The van der Waals surface area contributed by atoms with Crippen molar-refractivity contribution in [3.05, 3.63) is 82.8 Å². The van der Waals surface area contributed by atoms with E-state index in [1.165, 1.54) is 17.8 Å². The zero-order valence-electron chi connectivity index (χ0n) is 18.6. The fourth-order valence-electron chi connectivity index (χ4n) is 4.64. The van der Waals surface area contributed by atoms with Crippen LogP contribution >= 0.6 is 11.3 Å². The van der Waals surface area contributed by atoms with Gasteiger partial charge in [0.25, 0.3) is 5.91 Å². The van der Waals surface area contributed by atoms with Crippen LogP contribution in [0.1, 0.15) is 30.5 Å². The minimum Gasteiger partial charge on any atom is -0.466 e. The topological polar surface area (TPSA) is 81.3 Å². The summed E-state index contributed by atoms with van der Waals surface area (Å²) in [6, 6.07) is 20.5. The van der Waals surface area contributed by atoms with Crippen molar-refractivity contribution < 1.29 is 9.53 Å². The molecule has 1 saturated carbocycles. The van der Waals surface area contributed by atoms with Crippen molar-refractivity contribution in [2.45, 2.75) is 31.3 Å². The van der Waals surface area contributed by atoms with Crippen LogP contribution in [0.5, 0.6) is 5.88 Å². The number of rotatable bonds is 5. The first-order valence-corrected chi connectivity index (χ1v) is 12.4. The minimum atomic E-state index is -0.205. The average Bonchev–Trinajstić information content (AvgIpc) is 3.38. The van der Waals surface area contributed by atoms with Crippen molar-refractivity contribution in [1.82, 2.24) is 9.97 Å². The Bertz CT molecular complexity index is 1330. The highest BCUT2D eigenvalue weighted by Crippen LogP contribution is 2.42. The van der Waals surface area contributed by atoms with Crippen molar-refractivity contribution >= 4 is 22.9 Å². The lowest BCUT2D eigenvalue weighted by atomic mass is 9.72. The smallest absolute Gasteiger partial charge is 0.265 e. The molecule has 2 N–H and O–H groups in total. The van der Waals surface area contributed by atoms with Gasteiger partial charge in [0, 0.05) is 22.0 Å². The third kappa shape index (κ3) is 3.67. The highest BCUT2D eigenvalue weighted by atomic mass is 32.1. The molecular weight excluding hydrogens is 444 g/mol. The summed E-state index contributed by atoms with van der Waals surface area (Å²) >= 11 is 1.51. The summed E-state index contributed by atoms with van der Waals surface area (Å²) in [6.45, 7) is 0.351. The molecular formula is C27H24N4O2S. The van der Waals surface area contributed by atoms with Gasteiger partial charge in [-0.25, -0.2) is 9.97 Å². The molecule has 34 heavy (non-hydrogen) atoms. The number of carbonyl (C=O) groups is 1. The Kier molecular flexibility index (Phi) is 5.16. The van der Waals surface area contributed by atoms with Crippen molar-refractivity contribution in [3.63, 3.8) is 0 Å². The van der Waals surface area contributed by atoms with Gasteiger partial charge in [0.2, 0.25) is 5.88 Å². The minimum absolute atomic E-state index is 0.0388. The predicted molar refractivity (Wildman–Crippen MR) is 134 cm³/mol. The van der Waals surface area contributed by atoms with Gasteiger partial charge in [0.1, 0.15) is 5.69 Å². The second kappa shape index (κ2) is 8.34. The maximum atomic E-state index is 12.8. The summed E-state index contributed by atoms with van der Waals surface area (Å²) in [5.41, 5.74) is 14.6. The first-order chi connectivity index (χ1) is 16.6. The average molecular weight is 469 g/mol. The molecule has 0 unspecified atom stereocenters. The van der Waals surface area contributed by atoms with Crippen molar-refractivity contribution in [3.8, 4) is 28.3 Å². The van der Waals surface area contributed by atoms with E-state index in [1.54, 1.807) is 10.4 Å². The Morgan fingerprint density at radius 3 is 2.53 bits per heavy atom. The van der Waals surface area contributed by atoms with E-state index in [0.29, 0.717) is 18.1 Å². The number of nitrogens with zero attached hydrogens (tertiary/aromatic N) is 3. The van der Waals surface area contributed by atoms with Gasteiger partial charge in [-0.05, 0) is 36.5 Å². The quantitative estimate of drug-likeness (QED) is 0.439. The fourth-order valence-corrected chi connectivity index (χ4v) is 5.19. The molecule has 0 saturated heterocycles. The van der Waals surface area contributed by atoms with Crippen LogP contribution in [0.25, 0.3) is 22.4 Å². The highest BCUT2D eigenvalue weighted by molar-refractivity contribution is 7.07. The number of carbonyl (C=O) groups excluding carboxylic acids is 1. The first-order valence-electron chi connectivity index (χ1n) is 11.4. The molecule has 0 spiro atoms. The van der Waals surface area contributed by atoms with Gasteiger partial charge < -0.3 is 10.5 Å². The van der Waals surface area contributed by atoms with Crippen LogP contribution < -0.4 is 15.4 Å². The normalized spacial score (nSPS) is 16.5. The number of ether oxygens (including phenoxy) is 1. The lowest BCUT2D eigenvalue weighted by molar-refractivity contribution is -0.121. The monoisotopic (exact) mass is 468 g/mol. The third-order valence-electron chi connectivity index (χ3n) is 6.76. The van der Waals surface area contributed by atoms with Crippen LogP contribution in [0.4, 0.5) is 5.69 Å². The van der Waals surface area contributed by atoms with Crippen molar-refractivity contribution in [1.29, 1.82) is 0 Å². The molecule has 2 aliphatic rings. The first kappa shape index (κ1) is 21.0. The van der Waals surface area contributed by atoms with Crippen LogP contribution in [-0.2, 0) is 16.9 Å². The van der Waals surface area contributed by atoms with Gasteiger partial charge in [0.15, 0.2) is 6.61 Å². The Morgan fingerprint density at radius 1 is 1.06 bits per heavy atom. The van der Waals surface area contributed by atoms with Crippen LogP contribution in [0.2, 0.25) is 0 Å². The molecule has 4 aromatic rings. The second-order valence-electron chi connectivity index (χ2n) is 8.91. The van der Waals surface area contributed by atoms with Gasteiger partial charge in [-0.15, -0.1) is 11.3 Å². The zero-order valence-corrected chi connectivity index (χ0v) is 19.4. The summed E-state index contributed by atoms with van der Waals surface area (Å²) < 4.78 is 5.80. The summed E-state index contributed by atoms with van der Waals surface area (Å²) in [4.78, 5) is 23.8. The molecule has 0 atom stereocenters. The molecule has 1 fully saturated rings. The third-order valence-corrected chi connectivity index (χ3v) is 7.40. The number of anilines is 1. The van der Waals surface area contributed by atoms with Gasteiger partial charge in [0.05, 0.1) is 23.4 Å². The molecule has 1 amide bonds. The molecule has 6 rings (SSSR count). The van der Waals surface area contributed by atoms with Crippen molar-refractivity contribution in [2.24, 2.45) is 5.73 Å². The molecule has 6 nitrogen and oxygen atoms in total. The van der Waals surface area contributed by atoms with E-state index in [9.17, 15) is 4.79 Å². The Morgan fingerprint density at radius 2 is 1.85 bits per heavy atom. The molecule has 2 aromatic heterocycles. The van der Waals surface area contributed by atoms with E-state index in [4.69, 9.17) is 15.5 Å². The van der Waals surface area contributed by atoms with Crippen LogP contribution in [-0.4, -0.2) is 22.5 Å². The van der Waals surface area contributed by atoms with E-state index in [-0.39, 0.29) is 18.1 Å². The van der Waals surface area contributed by atoms with E-state index in [1.807, 2.05) is 29.6 Å². The van der Waals surface area contributed by atoms with Crippen LogP contribution in [0, 0.1) is 0 Å². The maximum absolute atomic E-state index is 12.8. The van der Waals surface area contributed by atoms with Crippen molar-refractivity contribution in [2.75, 3.05) is 11.5 Å². The van der Waals surface area contributed by atoms with E-state index < -0.39 is 0 Å². The van der Waals surface area contributed by atoms with E-state index in [0.717, 1.165) is 46.5 Å². The number of hydrogen-bond donors (Lipinski definition) is 1. The molecule has 0 bridgehead atoms. The van der Waals surface area contributed by atoms with Gasteiger partial charge in [-0.1, -0.05) is 54.6 Å². The SMILES string of the molecule is NC1(c2ccc(-c3nc4c(cc3-c3ccccc3)N(Cc3cscn3)C(=O)CO4)cc2)CCC1. The lowest BCUT2D eigenvalue weighted by Gasteiger charge is -2.38. The molecule has 170 valence electrons. The number of thiazole rings is 1. The molecule has 2 aromatic carbocycles. The van der Waals surface area contributed by atoms with E-state index in [2.05, 4.69) is 41.4 Å². The van der Waals surface area contributed by atoms with Gasteiger partial charge >= 0.3 is 0 Å². The van der Waals surface area contributed by atoms with Crippen LogP contribution in [0.3, 0.4) is 0 Å². The van der Waals surface area contributed by atoms with Gasteiger partial charge in [-0.3, -0.25) is 9.69 Å². The molecule has 7 heteroatoms. The summed E-state index contributed by atoms with van der Waals surface area (Å²) in [6.07, 6.45) is 3.22. The number of amides is 1. The maximum Gasteiger partial charge on any atom is 0.265 e. The number of fused-ring (bicyclic) bond motifs is 1. The molecule has 1 aliphatic heterocycles. The number of benzene rings is 2. The summed E-state index contributed by atoms with van der Waals surface area (Å²) in [7, 11) is 0. The van der Waals surface area contributed by atoms with Crippen LogP contribution in [0.15, 0.2) is 71.6 Å². The Labute approximate surface area is 202 Å².